The molecule has 0 unspecified atom stereocenters. The Balaban J connectivity index is 0.000000263. The molecule has 3 N–H and O–H groups in total. The maximum absolute atomic E-state index is 12.0. The van der Waals surface area contributed by atoms with Gasteiger partial charge >= 0.3 is 14.6 Å². The third-order valence-corrected chi connectivity index (χ3v) is 10.7. The minimum atomic E-state index is -3.76. The second-order valence-corrected chi connectivity index (χ2v) is 23.9. The van der Waals surface area contributed by atoms with Gasteiger partial charge in [-0.2, -0.15) is 19.9 Å². The number of aromatic amines is 2. The summed E-state index contributed by atoms with van der Waals surface area (Å²) in [4.78, 5) is 58.0. The number of H-pyrrole nitrogens is 2. The Morgan fingerprint density at radius 2 is 1.03 bits per heavy atom. The molecular weight excluding hydrogens is 1180 g/mol. The van der Waals surface area contributed by atoms with Gasteiger partial charge in [-0.25, -0.2) is 36.4 Å². The van der Waals surface area contributed by atoms with Gasteiger partial charge in [-0.05, 0) is 24.3 Å². The Bertz CT molecular complexity index is 3370. The summed E-state index contributed by atoms with van der Waals surface area (Å²) in [6, 6.07) is 10.2. The Morgan fingerprint density at radius 3 is 1.37 bits per heavy atom. The summed E-state index contributed by atoms with van der Waals surface area (Å²) in [6.07, 6.45) is 3.93. The first kappa shape index (κ1) is 52.3. The van der Waals surface area contributed by atoms with Crippen molar-refractivity contribution in [1.82, 2.24) is 39.5 Å². The number of nitrogens with zero attached hydrogens (tertiary/aromatic N) is 8. The average molecular weight is 1210 g/mol. The summed E-state index contributed by atoms with van der Waals surface area (Å²) in [7, 11) is -6.12. The van der Waals surface area contributed by atoms with E-state index in [0.717, 1.165) is 41.7 Å². The summed E-state index contributed by atoms with van der Waals surface area (Å²) in [6.45, 7) is 0. The molecule has 0 spiro atoms. The predicted octanol–water partition coefficient (Wildman–Crippen LogP) is 5.25. The highest BCUT2D eigenvalue weighted by molar-refractivity contribution is 9.69. The minimum absolute atomic E-state index is 0.0191. The molecule has 4 aromatic heterocycles. The molecule has 0 aliphatic carbocycles. The monoisotopic (exact) mass is 1200 g/mol. The van der Waals surface area contributed by atoms with Crippen LogP contribution in [-0.2, 0) is 19.7 Å². The summed E-state index contributed by atoms with van der Waals surface area (Å²) in [5.74, 6) is -1.10. The van der Waals surface area contributed by atoms with Crippen molar-refractivity contribution in [3.63, 3.8) is 0 Å². The van der Waals surface area contributed by atoms with Crippen molar-refractivity contribution in [2.45, 2.75) is 9.79 Å². The van der Waals surface area contributed by atoms with E-state index in [9.17, 15) is 41.1 Å². The number of halogens is 7. The van der Waals surface area contributed by atoms with Gasteiger partial charge in [0.05, 0.1) is 51.0 Å². The van der Waals surface area contributed by atoms with E-state index in [4.69, 9.17) is 71.1 Å². The van der Waals surface area contributed by atoms with Crippen molar-refractivity contribution in [2.24, 2.45) is 0 Å². The molecule has 4 heterocycles. The molecule has 2 aromatic carbocycles. The normalized spacial score (nSPS) is 10.8. The number of nitriles is 2. The molecular formula is C33H20BBr3Cl4N10O12S2. The highest BCUT2D eigenvalue weighted by atomic mass is 79.9. The van der Waals surface area contributed by atoms with E-state index in [2.05, 4.69) is 67.4 Å². The Labute approximate surface area is 409 Å². The second kappa shape index (κ2) is 21.8. The fraction of sp³-hybridized carbons (Fsp3) is 0.0909. The van der Waals surface area contributed by atoms with E-state index in [1.807, 2.05) is 9.97 Å². The van der Waals surface area contributed by atoms with Gasteiger partial charge in [0.15, 0.2) is 42.7 Å². The van der Waals surface area contributed by atoms with E-state index in [0.29, 0.717) is 4.68 Å². The summed E-state index contributed by atoms with van der Waals surface area (Å²) >= 11 is 34.1. The van der Waals surface area contributed by atoms with E-state index in [1.54, 1.807) is 12.1 Å². The zero-order valence-corrected chi connectivity index (χ0v) is 41.6. The number of pyridine rings is 2. The van der Waals surface area contributed by atoms with Crippen LogP contribution in [0.1, 0.15) is 11.4 Å². The van der Waals surface area contributed by atoms with Crippen LogP contribution in [0, 0.1) is 22.7 Å². The van der Waals surface area contributed by atoms with Gasteiger partial charge in [0.1, 0.15) is 21.9 Å². The molecule has 32 heteroatoms. The molecule has 0 bridgehead atoms. The topological polar surface area (TPSA) is 325 Å². The number of nitrogens with one attached hydrogen (secondary N) is 2. The molecule has 0 saturated heterocycles. The van der Waals surface area contributed by atoms with Crippen molar-refractivity contribution in [3.8, 4) is 58.3 Å². The maximum atomic E-state index is 12.0. The van der Waals surface area contributed by atoms with Gasteiger partial charge in [0, 0.05) is 24.6 Å². The van der Waals surface area contributed by atoms with Crippen LogP contribution in [-0.4, -0.2) is 84.2 Å². The van der Waals surface area contributed by atoms with E-state index in [1.165, 1.54) is 31.4 Å². The lowest BCUT2D eigenvalue weighted by atomic mass is 10.3. The number of hydrogen-bond donors (Lipinski definition) is 3. The first-order valence-corrected chi connectivity index (χ1v) is 24.5. The smallest absolute Gasteiger partial charge is 0.369 e. The van der Waals surface area contributed by atoms with Gasteiger partial charge < -0.3 is 19.3 Å². The molecule has 0 saturated carbocycles. The number of benzene rings is 2. The standard InChI is InChI=1S/C17H11Cl2N5O6S.C16H9Cl2N5O6S.BBr3/c1-29-12-7-21-14(5-13(12)31(2,27)28)30-15-9(18)3-8(4-10(15)19)24-17(26)22-16(25)11(6-20)23-24;1-30(27,28)12-4-13(20-6-11(12)24)29-14-8(17)2-7(3-9(14)18)23-16(26)21-15(25)10(5-19)22-23;2-1(3)4/h3-5,7H,1-2H3,(H,22,25,26);2-4,6,24H,1H3,(H,21,25,26);. The highest BCUT2D eigenvalue weighted by Crippen LogP contribution is 2.40. The highest BCUT2D eigenvalue weighted by Gasteiger charge is 2.21. The quantitative estimate of drug-likeness (QED) is 0.156. The molecule has 0 radical (unpaired) electrons. The van der Waals surface area contributed by atoms with Crippen molar-refractivity contribution >= 4 is 117 Å². The Hall–Kier alpha value is -5.30. The number of aromatic nitrogens is 8. The SMILES string of the molecule is BrB(Br)Br.COc1cnc(Oc2c(Cl)cc(-n3nc(C#N)c(=O)[nH]c3=O)cc2Cl)cc1S(C)(=O)=O.CS(=O)(=O)c1cc(Oc2c(Cl)cc(-n3nc(C#N)c(=O)[nH]c3=O)cc2Cl)ncc1O. The van der Waals surface area contributed by atoms with Crippen molar-refractivity contribution in [2.75, 3.05) is 19.6 Å². The number of aromatic hydroxyl groups is 1. The number of rotatable bonds is 9. The molecule has 6 rings (SSSR count). The van der Waals surface area contributed by atoms with E-state index in [-0.39, 0.29) is 68.6 Å². The molecule has 65 heavy (non-hydrogen) atoms. The molecule has 0 aliphatic rings. The number of hydrogen-bond acceptors (Lipinski definition) is 18. The first-order valence-electron chi connectivity index (χ1n) is 16.5. The van der Waals surface area contributed by atoms with Gasteiger partial charge in [-0.3, -0.25) is 19.6 Å². The van der Waals surface area contributed by atoms with E-state index < -0.39 is 64.2 Å². The number of sulfone groups is 2. The molecule has 6 aromatic rings. The average Bonchev–Trinajstić information content (AvgIpc) is 3.20. The number of methoxy groups -OCH3 is 1. The first-order chi connectivity index (χ1) is 30.3. The third-order valence-electron chi connectivity index (χ3n) is 7.38. The lowest BCUT2D eigenvalue weighted by Gasteiger charge is -2.13. The predicted molar refractivity (Wildman–Crippen MR) is 246 cm³/mol. The third kappa shape index (κ3) is 13.4. The van der Waals surface area contributed by atoms with Crippen LogP contribution in [0.2, 0.25) is 20.1 Å². The van der Waals surface area contributed by atoms with Crippen LogP contribution in [0.3, 0.4) is 0 Å². The van der Waals surface area contributed by atoms with Crippen LogP contribution >= 0.6 is 93.7 Å². The van der Waals surface area contributed by atoms with Crippen LogP contribution in [0.15, 0.2) is 77.8 Å². The van der Waals surface area contributed by atoms with Crippen LogP contribution in [0.25, 0.3) is 11.4 Å². The molecule has 338 valence electrons. The van der Waals surface area contributed by atoms with Crippen molar-refractivity contribution < 1.29 is 36.2 Å². The van der Waals surface area contributed by atoms with Crippen LogP contribution < -0.4 is 36.7 Å². The summed E-state index contributed by atoms with van der Waals surface area (Å²) < 4.78 is 65.1. The van der Waals surface area contributed by atoms with E-state index >= 15 is 0 Å². The largest absolute Gasteiger partial charge is 0.505 e. The fourth-order valence-corrected chi connectivity index (χ4v) is 7.38. The molecule has 0 fully saturated rings. The van der Waals surface area contributed by atoms with Gasteiger partial charge in [0.25, 0.3) is 11.1 Å². The maximum Gasteiger partial charge on any atom is 0.369 e. The summed E-state index contributed by atoms with van der Waals surface area (Å²) in [5.41, 5.74) is -4.77. The fourth-order valence-electron chi connectivity index (χ4n) is 4.71. The Morgan fingerprint density at radius 1 is 0.677 bits per heavy atom. The molecule has 0 atom stereocenters. The minimum Gasteiger partial charge on any atom is -0.505 e. The van der Waals surface area contributed by atoms with Crippen molar-refractivity contribution in [1.29, 1.82) is 10.5 Å². The van der Waals surface area contributed by atoms with Gasteiger partial charge in [0.2, 0.25) is 23.1 Å². The van der Waals surface area contributed by atoms with Gasteiger partial charge in [-0.1, -0.05) is 46.4 Å². The number of ether oxygens (including phenoxy) is 3. The zero-order chi connectivity index (χ0) is 48.7. The zero-order valence-electron chi connectivity index (χ0n) is 32.2. The second-order valence-electron chi connectivity index (χ2n) is 11.9. The molecule has 22 nitrogen and oxygen atoms in total. The Kier molecular flexibility index (Phi) is 17.5. The van der Waals surface area contributed by atoms with Gasteiger partial charge in [-0.15, -0.1) is 57.5 Å². The van der Waals surface area contributed by atoms with Crippen LogP contribution in [0.5, 0.6) is 34.8 Å². The lowest BCUT2D eigenvalue weighted by molar-refractivity contribution is 0.394. The lowest BCUT2D eigenvalue weighted by Crippen LogP contribution is -2.33. The summed E-state index contributed by atoms with van der Waals surface area (Å²) in [5, 5.41) is 34.4. The molecule has 0 amide bonds. The van der Waals surface area contributed by atoms with Crippen LogP contribution in [0.4, 0.5) is 0 Å². The molecule has 0 aliphatic heterocycles. The van der Waals surface area contributed by atoms with Crippen molar-refractivity contribution in [3.05, 3.63) is 122 Å².